The zero-order valence-corrected chi connectivity index (χ0v) is 13.8. The van der Waals surface area contributed by atoms with E-state index in [-0.39, 0.29) is 18.1 Å². The van der Waals surface area contributed by atoms with E-state index in [4.69, 9.17) is 5.11 Å². The molecule has 1 unspecified atom stereocenters. The summed E-state index contributed by atoms with van der Waals surface area (Å²) in [6, 6.07) is 5.49. The molecule has 0 fully saturated rings. The normalized spacial score (nSPS) is 13.5. The summed E-state index contributed by atoms with van der Waals surface area (Å²) in [4.78, 5) is 39.2. The van der Waals surface area contributed by atoms with Gasteiger partial charge >= 0.3 is 5.97 Å². The number of nitrogens with zero attached hydrogens (tertiary/aromatic N) is 2. The van der Waals surface area contributed by atoms with Crippen molar-refractivity contribution < 1.29 is 19.1 Å². The Morgan fingerprint density at radius 2 is 2.08 bits per heavy atom. The van der Waals surface area contributed by atoms with E-state index < -0.39 is 30.9 Å². The number of rotatable bonds is 9. The van der Waals surface area contributed by atoms with Crippen LogP contribution >= 0.6 is 0 Å². The minimum absolute atomic E-state index is 0.153. The lowest BCUT2D eigenvalue weighted by Gasteiger charge is -2.22. The Balaban J connectivity index is 2.22. The van der Waals surface area contributed by atoms with Gasteiger partial charge in [-0.3, -0.25) is 19.0 Å². The average Bonchev–Trinajstić information content (AvgIpc) is 2.61. The van der Waals surface area contributed by atoms with Crippen molar-refractivity contribution in [1.82, 2.24) is 14.9 Å². The van der Waals surface area contributed by atoms with E-state index in [9.17, 15) is 18.8 Å². The van der Waals surface area contributed by atoms with Gasteiger partial charge in [0.05, 0.1) is 35.7 Å². The van der Waals surface area contributed by atoms with Gasteiger partial charge < -0.3 is 10.4 Å². The second-order valence-corrected chi connectivity index (χ2v) is 5.69. The van der Waals surface area contributed by atoms with Crippen molar-refractivity contribution in [3.05, 3.63) is 40.9 Å². The van der Waals surface area contributed by atoms with Gasteiger partial charge in [0, 0.05) is 6.54 Å². The molecule has 0 saturated carbocycles. The Morgan fingerprint density at radius 3 is 2.72 bits per heavy atom. The van der Waals surface area contributed by atoms with Crippen molar-refractivity contribution in [3.8, 4) is 0 Å². The molecule has 2 N–H and O–H groups in total. The zero-order valence-electron chi connectivity index (χ0n) is 13.8. The summed E-state index contributed by atoms with van der Waals surface area (Å²) in [5.41, 5.74) is 0.369. The van der Waals surface area contributed by atoms with Crippen LogP contribution in [0.1, 0.15) is 25.8 Å². The number of ketones is 1. The van der Waals surface area contributed by atoms with Gasteiger partial charge in [0.1, 0.15) is 6.67 Å². The number of alkyl halides is 1. The lowest BCUT2D eigenvalue weighted by atomic mass is 10.1. The highest BCUT2D eigenvalue weighted by molar-refractivity contribution is 5.88. The van der Waals surface area contributed by atoms with E-state index in [1.54, 1.807) is 24.3 Å². The van der Waals surface area contributed by atoms with Crippen LogP contribution in [0.4, 0.5) is 4.39 Å². The van der Waals surface area contributed by atoms with Crippen molar-refractivity contribution >= 4 is 22.7 Å². The Labute approximate surface area is 143 Å². The van der Waals surface area contributed by atoms with Crippen molar-refractivity contribution in [2.45, 2.75) is 31.8 Å². The molecule has 0 aliphatic rings. The van der Waals surface area contributed by atoms with E-state index >= 15 is 0 Å². The number of aliphatic carboxylic acids is 1. The highest BCUT2D eigenvalue weighted by Crippen LogP contribution is 2.11. The Morgan fingerprint density at radius 1 is 1.36 bits per heavy atom. The van der Waals surface area contributed by atoms with Crippen LogP contribution < -0.4 is 10.9 Å². The molecular weight excluding hydrogens is 329 g/mol. The smallest absolute Gasteiger partial charge is 0.305 e. The molecule has 1 aromatic carbocycles. The molecule has 2 rings (SSSR count). The summed E-state index contributed by atoms with van der Waals surface area (Å²) in [6.07, 6.45) is 1.48. The predicted octanol–water partition coefficient (Wildman–Crippen LogP) is 1.32. The highest BCUT2D eigenvalue weighted by Gasteiger charge is 2.23. The van der Waals surface area contributed by atoms with Crippen LogP contribution in [0.5, 0.6) is 0 Å². The van der Waals surface area contributed by atoms with E-state index in [2.05, 4.69) is 10.3 Å². The standard InChI is InChI=1S/C17H20FN3O4/c1-2-11(9-19-14(7-16(23)24)15(22)8-18)21-10-20-13-6-4-3-5-12(13)17(21)25/h3-6,10-11,14,19H,2,7-9H2,1H3,(H,23,24)/t11-,14?/m0/s1. The molecule has 25 heavy (non-hydrogen) atoms. The van der Waals surface area contributed by atoms with E-state index in [0.29, 0.717) is 17.3 Å². The van der Waals surface area contributed by atoms with E-state index in [1.165, 1.54) is 10.9 Å². The number of fused-ring (bicyclic) bond motifs is 1. The number of hydrogen-bond donors (Lipinski definition) is 2. The Kier molecular flexibility index (Phi) is 6.35. The summed E-state index contributed by atoms with van der Waals surface area (Å²) in [5, 5.41) is 12.1. The molecule has 0 saturated heterocycles. The van der Waals surface area contributed by atoms with Gasteiger partial charge in [0.2, 0.25) is 0 Å². The van der Waals surface area contributed by atoms with Gasteiger partial charge in [-0.1, -0.05) is 19.1 Å². The first-order valence-electron chi connectivity index (χ1n) is 7.97. The van der Waals surface area contributed by atoms with Crippen LogP contribution in [0.25, 0.3) is 10.9 Å². The quantitative estimate of drug-likeness (QED) is 0.708. The maximum absolute atomic E-state index is 12.6. The Hall–Kier alpha value is -2.61. The van der Waals surface area contributed by atoms with Gasteiger partial charge in [0.15, 0.2) is 5.78 Å². The van der Waals surface area contributed by atoms with Crippen molar-refractivity contribution in [3.63, 3.8) is 0 Å². The first-order chi connectivity index (χ1) is 12.0. The summed E-state index contributed by atoms with van der Waals surface area (Å²) < 4.78 is 14.1. The maximum Gasteiger partial charge on any atom is 0.305 e. The molecule has 0 bridgehead atoms. The molecule has 1 aromatic heterocycles. The lowest BCUT2D eigenvalue weighted by molar-refractivity contribution is -0.139. The van der Waals surface area contributed by atoms with Crippen LogP contribution in [-0.4, -0.2) is 45.7 Å². The number of carboxylic acids is 1. The molecule has 7 nitrogen and oxygen atoms in total. The Bertz CT molecular complexity index is 821. The van der Waals surface area contributed by atoms with Gasteiger partial charge in [-0.2, -0.15) is 0 Å². The van der Waals surface area contributed by atoms with Crippen LogP contribution in [0.3, 0.4) is 0 Å². The van der Waals surface area contributed by atoms with Gasteiger partial charge in [-0.15, -0.1) is 0 Å². The number of Topliss-reactive ketones (excluding diaryl/α,β-unsaturated/α-hetero) is 1. The molecule has 134 valence electrons. The van der Waals surface area contributed by atoms with Crippen molar-refractivity contribution in [2.24, 2.45) is 0 Å². The molecule has 0 aliphatic heterocycles. The third kappa shape index (κ3) is 4.48. The molecule has 1 heterocycles. The molecule has 0 amide bonds. The summed E-state index contributed by atoms with van der Waals surface area (Å²) in [6.45, 7) is 0.774. The molecule has 8 heteroatoms. The van der Waals surface area contributed by atoms with E-state index in [0.717, 1.165) is 0 Å². The molecule has 0 aliphatic carbocycles. The minimum atomic E-state index is -1.24. The molecule has 2 atom stereocenters. The third-order valence-corrected chi connectivity index (χ3v) is 4.05. The lowest BCUT2D eigenvalue weighted by Crippen LogP contribution is -2.43. The number of para-hydroxylation sites is 1. The molecule has 0 spiro atoms. The van der Waals surface area contributed by atoms with Crippen molar-refractivity contribution in [2.75, 3.05) is 13.2 Å². The van der Waals surface area contributed by atoms with Crippen LogP contribution in [0.15, 0.2) is 35.4 Å². The first-order valence-corrected chi connectivity index (χ1v) is 7.97. The fraction of sp³-hybridized carbons (Fsp3) is 0.412. The molecule has 2 aromatic rings. The predicted molar refractivity (Wildman–Crippen MR) is 90.4 cm³/mol. The second kappa shape index (κ2) is 8.48. The fourth-order valence-corrected chi connectivity index (χ4v) is 2.63. The zero-order chi connectivity index (χ0) is 18.4. The number of halogens is 1. The van der Waals surface area contributed by atoms with Crippen LogP contribution in [0, 0.1) is 0 Å². The largest absolute Gasteiger partial charge is 0.481 e. The number of carbonyl (C=O) groups is 2. The fourth-order valence-electron chi connectivity index (χ4n) is 2.63. The monoisotopic (exact) mass is 349 g/mol. The molecule has 0 radical (unpaired) electrons. The van der Waals surface area contributed by atoms with Gasteiger partial charge in [-0.05, 0) is 18.6 Å². The third-order valence-electron chi connectivity index (χ3n) is 4.05. The summed E-state index contributed by atoms with van der Waals surface area (Å²) in [5.74, 6) is -2.02. The molecular formula is C17H20FN3O4. The number of aromatic nitrogens is 2. The number of hydrogen-bond acceptors (Lipinski definition) is 5. The van der Waals surface area contributed by atoms with Crippen LogP contribution in [-0.2, 0) is 9.59 Å². The minimum Gasteiger partial charge on any atom is -0.481 e. The number of carbonyl (C=O) groups excluding carboxylic acids is 1. The highest BCUT2D eigenvalue weighted by atomic mass is 19.1. The average molecular weight is 349 g/mol. The van der Waals surface area contributed by atoms with Crippen LogP contribution in [0.2, 0.25) is 0 Å². The summed E-state index contributed by atoms with van der Waals surface area (Å²) >= 11 is 0. The number of nitrogens with one attached hydrogen (secondary N) is 1. The van der Waals surface area contributed by atoms with Gasteiger partial charge in [0.25, 0.3) is 5.56 Å². The maximum atomic E-state index is 12.6. The number of benzene rings is 1. The van der Waals surface area contributed by atoms with Crippen molar-refractivity contribution in [1.29, 1.82) is 0 Å². The van der Waals surface area contributed by atoms with Gasteiger partial charge in [-0.25, -0.2) is 9.37 Å². The topological polar surface area (TPSA) is 101 Å². The SMILES string of the molecule is CC[C@@H](CNC(CC(=O)O)C(=O)CF)n1cnc2ccccc2c1=O. The van der Waals surface area contributed by atoms with E-state index in [1.807, 2.05) is 6.92 Å². The number of carboxylic acid groups (broad SMARTS) is 1. The first kappa shape index (κ1) is 18.7. The summed E-state index contributed by atoms with van der Waals surface area (Å²) in [7, 11) is 0. The second-order valence-electron chi connectivity index (χ2n) is 5.69.